The van der Waals surface area contributed by atoms with Gasteiger partial charge in [0, 0.05) is 18.1 Å². The van der Waals surface area contributed by atoms with Crippen LogP contribution in [0.4, 0.5) is 0 Å². The molecule has 0 spiro atoms. The fourth-order valence-electron chi connectivity index (χ4n) is 4.13. The van der Waals surface area contributed by atoms with Crippen LogP contribution in [0.15, 0.2) is 0 Å². The van der Waals surface area contributed by atoms with Gasteiger partial charge in [0.15, 0.2) is 0 Å². The average molecular weight is 252 g/mol. The first-order valence-corrected chi connectivity index (χ1v) is 8.34. The lowest BCUT2D eigenvalue weighted by molar-refractivity contribution is 0.0806. The van der Waals surface area contributed by atoms with Gasteiger partial charge in [-0.05, 0) is 51.6 Å². The summed E-state index contributed by atoms with van der Waals surface area (Å²) in [4.78, 5) is 2.85. The highest BCUT2D eigenvalue weighted by Crippen LogP contribution is 2.29. The van der Waals surface area contributed by atoms with Crippen molar-refractivity contribution in [2.75, 3.05) is 13.1 Å². The van der Waals surface area contributed by atoms with Crippen LogP contribution in [-0.2, 0) is 0 Å². The fourth-order valence-corrected chi connectivity index (χ4v) is 4.13. The third-order valence-corrected chi connectivity index (χ3v) is 5.07. The summed E-state index contributed by atoms with van der Waals surface area (Å²) in [5, 5.41) is 3.62. The van der Waals surface area contributed by atoms with E-state index in [1.54, 1.807) is 0 Å². The van der Waals surface area contributed by atoms with E-state index in [4.69, 9.17) is 0 Å². The smallest absolute Gasteiger partial charge is 0.00992 e. The lowest BCUT2D eigenvalue weighted by Gasteiger charge is -2.42. The minimum Gasteiger partial charge on any atom is -0.314 e. The normalized spacial score (nSPS) is 30.8. The van der Waals surface area contributed by atoms with Crippen molar-refractivity contribution in [2.24, 2.45) is 0 Å². The van der Waals surface area contributed by atoms with Crippen molar-refractivity contribution in [1.82, 2.24) is 10.2 Å². The molecule has 2 aliphatic carbocycles. The van der Waals surface area contributed by atoms with E-state index in [1.807, 2.05) is 0 Å². The highest BCUT2D eigenvalue weighted by Gasteiger charge is 2.29. The van der Waals surface area contributed by atoms with Crippen LogP contribution in [-0.4, -0.2) is 36.1 Å². The molecule has 0 amide bonds. The Morgan fingerprint density at radius 1 is 0.833 bits per heavy atom. The Kier molecular flexibility index (Phi) is 5.97. The zero-order chi connectivity index (χ0) is 12.8. The molecule has 0 aliphatic heterocycles. The molecule has 2 rings (SSSR count). The lowest BCUT2D eigenvalue weighted by atomic mass is 9.86. The first kappa shape index (κ1) is 14.3. The third kappa shape index (κ3) is 3.71. The van der Waals surface area contributed by atoms with E-state index < -0.39 is 0 Å². The summed E-state index contributed by atoms with van der Waals surface area (Å²) >= 11 is 0. The maximum absolute atomic E-state index is 3.62. The van der Waals surface area contributed by atoms with Crippen LogP contribution in [0.3, 0.4) is 0 Å². The van der Waals surface area contributed by atoms with Gasteiger partial charge in [-0.15, -0.1) is 0 Å². The molecule has 0 unspecified atom stereocenters. The van der Waals surface area contributed by atoms with E-state index in [2.05, 4.69) is 24.1 Å². The van der Waals surface area contributed by atoms with Gasteiger partial charge in [0.2, 0.25) is 0 Å². The van der Waals surface area contributed by atoms with Gasteiger partial charge in [0.25, 0.3) is 0 Å². The van der Waals surface area contributed by atoms with E-state index in [1.165, 1.54) is 64.3 Å². The number of hydrogen-bond donors (Lipinski definition) is 1. The zero-order valence-electron chi connectivity index (χ0n) is 12.5. The molecule has 0 atom stereocenters. The summed E-state index contributed by atoms with van der Waals surface area (Å²) in [7, 11) is 0. The number of rotatable bonds is 5. The van der Waals surface area contributed by atoms with E-state index in [9.17, 15) is 0 Å². The summed E-state index contributed by atoms with van der Waals surface area (Å²) in [6.07, 6.45) is 12.9. The van der Waals surface area contributed by atoms with Gasteiger partial charge < -0.3 is 5.32 Å². The van der Waals surface area contributed by atoms with Crippen molar-refractivity contribution in [2.45, 2.75) is 89.8 Å². The second-order valence-electron chi connectivity index (χ2n) is 6.19. The molecule has 2 aliphatic rings. The zero-order valence-corrected chi connectivity index (χ0v) is 12.5. The molecule has 2 saturated carbocycles. The van der Waals surface area contributed by atoms with Crippen LogP contribution in [0.1, 0.15) is 71.6 Å². The Balaban J connectivity index is 1.81. The molecule has 2 fully saturated rings. The summed E-state index contributed by atoms with van der Waals surface area (Å²) in [5.74, 6) is 0. The van der Waals surface area contributed by atoms with Gasteiger partial charge in [0.05, 0.1) is 0 Å². The van der Waals surface area contributed by atoms with Crippen molar-refractivity contribution in [3.05, 3.63) is 0 Å². The summed E-state index contributed by atoms with van der Waals surface area (Å²) in [6, 6.07) is 2.59. The minimum absolute atomic E-state index is 0.802. The quantitative estimate of drug-likeness (QED) is 0.805. The molecule has 0 heterocycles. The second-order valence-corrected chi connectivity index (χ2v) is 6.19. The molecular weight excluding hydrogens is 220 g/mol. The van der Waals surface area contributed by atoms with Gasteiger partial charge in [-0.3, -0.25) is 4.90 Å². The summed E-state index contributed by atoms with van der Waals surface area (Å²) < 4.78 is 0. The van der Waals surface area contributed by atoms with E-state index in [0.717, 1.165) is 24.7 Å². The molecule has 0 aromatic carbocycles. The molecule has 0 aromatic heterocycles. The second kappa shape index (κ2) is 7.49. The SMILES string of the molecule is CCNC1CCC(N(CC)C2CCCCC2)CC1. The van der Waals surface area contributed by atoms with Crippen molar-refractivity contribution in [3.8, 4) is 0 Å². The van der Waals surface area contributed by atoms with Crippen LogP contribution in [0, 0.1) is 0 Å². The van der Waals surface area contributed by atoms with Crippen LogP contribution >= 0.6 is 0 Å². The highest BCUT2D eigenvalue weighted by molar-refractivity contribution is 4.86. The maximum atomic E-state index is 3.62. The third-order valence-electron chi connectivity index (χ3n) is 5.07. The Morgan fingerprint density at radius 3 is 2.00 bits per heavy atom. The van der Waals surface area contributed by atoms with E-state index >= 15 is 0 Å². The Labute approximate surface area is 114 Å². The minimum atomic E-state index is 0.802. The van der Waals surface area contributed by atoms with Gasteiger partial charge in [-0.25, -0.2) is 0 Å². The van der Waals surface area contributed by atoms with Crippen molar-refractivity contribution >= 4 is 0 Å². The fraction of sp³-hybridized carbons (Fsp3) is 1.00. The largest absolute Gasteiger partial charge is 0.314 e. The number of nitrogens with zero attached hydrogens (tertiary/aromatic N) is 1. The van der Waals surface area contributed by atoms with Crippen LogP contribution in [0.5, 0.6) is 0 Å². The molecule has 1 N–H and O–H groups in total. The molecule has 2 nitrogen and oxygen atoms in total. The standard InChI is InChI=1S/C16H32N2/c1-3-17-14-10-12-16(13-11-14)18(4-2)15-8-6-5-7-9-15/h14-17H,3-13H2,1-2H3. The highest BCUT2D eigenvalue weighted by atomic mass is 15.2. The monoisotopic (exact) mass is 252 g/mol. The summed E-state index contributed by atoms with van der Waals surface area (Å²) in [6.45, 7) is 6.99. The van der Waals surface area contributed by atoms with Crippen LogP contribution < -0.4 is 5.32 Å². The van der Waals surface area contributed by atoms with E-state index in [-0.39, 0.29) is 0 Å². The number of nitrogens with one attached hydrogen (secondary N) is 1. The maximum Gasteiger partial charge on any atom is 0.00992 e. The molecule has 106 valence electrons. The van der Waals surface area contributed by atoms with Crippen molar-refractivity contribution in [3.63, 3.8) is 0 Å². The van der Waals surface area contributed by atoms with Gasteiger partial charge in [-0.1, -0.05) is 33.1 Å². The number of hydrogen-bond acceptors (Lipinski definition) is 2. The molecule has 0 aromatic rings. The summed E-state index contributed by atoms with van der Waals surface area (Å²) in [5.41, 5.74) is 0. The van der Waals surface area contributed by atoms with Crippen LogP contribution in [0.25, 0.3) is 0 Å². The molecule has 2 heteroatoms. The van der Waals surface area contributed by atoms with Gasteiger partial charge in [-0.2, -0.15) is 0 Å². The van der Waals surface area contributed by atoms with E-state index in [0.29, 0.717) is 0 Å². The van der Waals surface area contributed by atoms with Gasteiger partial charge in [0.1, 0.15) is 0 Å². The molecular formula is C16H32N2. The Morgan fingerprint density at radius 2 is 1.44 bits per heavy atom. The molecule has 0 saturated heterocycles. The topological polar surface area (TPSA) is 15.3 Å². The molecule has 18 heavy (non-hydrogen) atoms. The lowest BCUT2D eigenvalue weighted by Crippen LogP contribution is -2.47. The first-order chi connectivity index (χ1) is 8.85. The van der Waals surface area contributed by atoms with Gasteiger partial charge >= 0.3 is 0 Å². The average Bonchev–Trinajstić information content (AvgIpc) is 2.43. The predicted octanol–water partition coefficient (Wildman–Crippen LogP) is 3.56. The Bertz CT molecular complexity index is 215. The van der Waals surface area contributed by atoms with Crippen LogP contribution in [0.2, 0.25) is 0 Å². The first-order valence-electron chi connectivity index (χ1n) is 8.34. The molecule has 0 bridgehead atoms. The molecule has 0 radical (unpaired) electrons. The van der Waals surface area contributed by atoms with Crippen molar-refractivity contribution < 1.29 is 0 Å². The Hall–Kier alpha value is -0.0800. The predicted molar refractivity (Wildman–Crippen MR) is 79.0 cm³/mol. The van der Waals surface area contributed by atoms with Crippen molar-refractivity contribution in [1.29, 1.82) is 0 Å².